The molecule has 0 N–H and O–H groups in total. The molecule has 134 valence electrons. The van der Waals surface area contributed by atoms with Gasteiger partial charge in [-0.25, -0.2) is 8.42 Å². The Kier molecular flexibility index (Phi) is 6.18. The lowest BCUT2D eigenvalue weighted by Crippen LogP contribution is -2.28. The van der Waals surface area contributed by atoms with Gasteiger partial charge in [-0.2, -0.15) is 0 Å². The van der Waals surface area contributed by atoms with Gasteiger partial charge in [0.15, 0.2) is 0 Å². The number of amides is 1. The van der Waals surface area contributed by atoms with Gasteiger partial charge in [-0.3, -0.25) is 9.63 Å². The normalized spacial score (nSPS) is 11.6. The summed E-state index contributed by atoms with van der Waals surface area (Å²) in [5.74, 6) is -0.285. The van der Waals surface area contributed by atoms with Gasteiger partial charge in [0, 0.05) is 31.2 Å². The number of rotatable bonds is 6. The number of hydrogen-bond donors (Lipinski definition) is 0. The molecule has 0 fully saturated rings. The predicted octanol–water partition coefficient (Wildman–Crippen LogP) is 2.79. The van der Waals surface area contributed by atoms with E-state index < -0.39 is 10.0 Å². The zero-order valence-corrected chi connectivity index (χ0v) is 15.7. The summed E-state index contributed by atoms with van der Waals surface area (Å²) in [6, 6.07) is 13.0. The first-order chi connectivity index (χ1) is 11.8. The smallest absolute Gasteiger partial charge is 0.264 e. The molecule has 0 aliphatic rings. The zero-order valence-electron chi connectivity index (χ0n) is 14.1. The summed E-state index contributed by atoms with van der Waals surface area (Å²) >= 11 is 5.85. The SMILES string of the molecule is CON(C)S(=O)(=O)c1cccc(C(=O)N(C)Cc2ccc(Cl)cc2)c1. The Labute approximate surface area is 152 Å². The lowest BCUT2D eigenvalue weighted by atomic mass is 10.1. The Balaban J connectivity index is 2.22. The average Bonchev–Trinajstić information content (AvgIpc) is 2.62. The molecule has 0 aliphatic heterocycles. The van der Waals surface area contributed by atoms with Crippen molar-refractivity contribution in [2.45, 2.75) is 11.4 Å². The van der Waals surface area contributed by atoms with Crippen LogP contribution in [0, 0.1) is 0 Å². The van der Waals surface area contributed by atoms with E-state index in [0.717, 1.165) is 10.0 Å². The van der Waals surface area contributed by atoms with Crippen molar-refractivity contribution in [1.29, 1.82) is 0 Å². The van der Waals surface area contributed by atoms with Crippen LogP contribution in [0.25, 0.3) is 0 Å². The fraction of sp³-hybridized carbons (Fsp3) is 0.235. The van der Waals surface area contributed by atoms with Crippen LogP contribution in [0.2, 0.25) is 5.02 Å². The Morgan fingerprint density at radius 2 is 1.76 bits per heavy atom. The van der Waals surface area contributed by atoms with Crippen molar-refractivity contribution in [3.05, 3.63) is 64.7 Å². The van der Waals surface area contributed by atoms with Crippen molar-refractivity contribution < 1.29 is 18.0 Å². The third-order valence-corrected chi connectivity index (χ3v) is 5.58. The van der Waals surface area contributed by atoms with E-state index in [2.05, 4.69) is 0 Å². The van der Waals surface area contributed by atoms with E-state index in [9.17, 15) is 13.2 Å². The molecule has 2 aromatic carbocycles. The number of halogens is 1. The van der Waals surface area contributed by atoms with E-state index in [0.29, 0.717) is 11.6 Å². The summed E-state index contributed by atoms with van der Waals surface area (Å²) in [5, 5.41) is 0.623. The summed E-state index contributed by atoms with van der Waals surface area (Å²) in [5.41, 5.74) is 1.20. The summed E-state index contributed by atoms with van der Waals surface area (Å²) in [6.07, 6.45) is 0. The van der Waals surface area contributed by atoms with Crippen LogP contribution >= 0.6 is 11.6 Å². The second-order valence-electron chi connectivity index (χ2n) is 5.41. The largest absolute Gasteiger partial charge is 0.337 e. The Morgan fingerprint density at radius 3 is 2.36 bits per heavy atom. The van der Waals surface area contributed by atoms with Crippen LogP contribution in [0.1, 0.15) is 15.9 Å². The molecule has 0 atom stereocenters. The van der Waals surface area contributed by atoms with Crippen LogP contribution in [0.3, 0.4) is 0 Å². The minimum atomic E-state index is -3.81. The first-order valence-corrected chi connectivity index (χ1v) is 9.20. The molecule has 0 aromatic heterocycles. The van der Waals surface area contributed by atoms with E-state index in [4.69, 9.17) is 16.4 Å². The monoisotopic (exact) mass is 382 g/mol. The highest BCUT2D eigenvalue weighted by Crippen LogP contribution is 2.18. The average molecular weight is 383 g/mol. The van der Waals surface area contributed by atoms with Crippen LogP contribution < -0.4 is 0 Å². The lowest BCUT2D eigenvalue weighted by molar-refractivity contribution is -0.0258. The molecule has 0 bridgehead atoms. The van der Waals surface area contributed by atoms with Gasteiger partial charge in [0.2, 0.25) is 0 Å². The number of hydrogen-bond acceptors (Lipinski definition) is 4. The van der Waals surface area contributed by atoms with Crippen molar-refractivity contribution in [2.75, 3.05) is 21.2 Å². The number of carbonyl (C=O) groups excluding carboxylic acids is 1. The minimum Gasteiger partial charge on any atom is -0.337 e. The van der Waals surface area contributed by atoms with E-state index >= 15 is 0 Å². The van der Waals surface area contributed by atoms with Gasteiger partial charge in [0.1, 0.15) is 0 Å². The van der Waals surface area contributed by atoms with Gasteiger partial charge in [-0.15, -0.1) is 0 Å². The summed E-state index contributed by atoms with van der Waals surface area (Å²) < 4.78 is 25.3. The van der Waals surface area contributed by atoms with Crippen LogP contribution in [0.4, 0.5) is 0 Å². The number of carbonyl (C=O) groups is 1. The molecule has 8 heteroatoms. The second kappa shape index (κ2) is 7.97. The van der Waals surface area contributed by atoms with Crippen molar-refractivity contribution in [3.8, 4) is 0 Å². The van der Waals surface area contributed by atoms with Crippen molar-refractivity contribution >= 4 is 27.5 Å². The predicted molar refractivity (Wildman–Crippen MR) is 95.6 cm³/mol. The van der Waals surface area contributed by atoms with Crippen molar-refractivity contribution in [3.63, 3.8) is 0 Å². The molecular formula is C17H19ClN2O4S. The third kappa shape index (κ3) is 4.58. The molecule has 6 nitrogen and oxygen atoms in total. The van der Waals surface area contributed by atoms with Crippen LogP contribution in [0.15, 0.2) is 53.4 Å². The number of sulfonamides is 1. The first-order valence-electron chi connectivity index (χ1n) is 7.38. The highest BCUT2D eigenvalue weighted by Gasteiger charge is 2.22. The van der Waals surface area contributed by atoms with Crippen LogP contribution in [-0.2, 0) is 21.4 Å². The standard InChI is InChI=1S/C17H19ClN2O4S/c1-19(12-13-7-9-15(18)10-8-13)17(21)14-5-4-6-16(11-14)25(22,23)20(2)24-3/h4-11H,12H2,1-3H3. The number of benzene rings is 2. The van der Waals surface area contributed by atoms with Crippen molar-refractivity contribution in [2.24, 2.45) is 0 Å². The molecule has 0 unspecified atom stereocenters. The van der Waals surface area contributed by atoms with Gasteiger partial charge < -0.3 is 4.90 Å². The molecule has 0 aliphatic carbocycles. The maximum atomic E-state index is 12.6. The first kappa shape index (κ1) is 19.4. The zero-order chi connectivity index (χ0) is 18.6. The van der Waals surface area contributed by atoms with Gasteiger partial charge in [-0.05, 0) is 35.9 Å². The summed E-state index contributed by atoms with van der Waals surface area (Å²) in [4.78, 5) is 18.8. The lowest BCUT2D eigenvalue weighted by Gasteiger charge is -2.19. The molecule has 0 radical (unpaired) electrons. The van der Waals surface area contributed by atoms with E-state index in [-0.39, 0.29) is 16.4 Å². The van der Waals surface area contributed by atoms with Crippen molar-refractivity contribution in [1.82, 2.24) is 9.37 Å². The highest BCUT2D eigenvalue weighted by atomic mass is 35.5. The van der Waals surface area contributed by atoms with Crippen LogP contribution in [0.5, 0.6) is 0 Å². The fourth-order valence-electron chi connectivity index (χ4n) is 2.19. The summed E-state index contributed by atoms with van der Waals surface area (Å²) in [7, 11) is 0.388. The minimum absolute atomic E-state index is 0.0115. The van der Waals surface area contributed by atoms with Gasteiger partial charge in [-0.1, -0.05) is 34.3 Å². The topological polar surface area (TPSA) is 66.9 Å². The molecular weight excluding hydrogens is 364 g/mol. The molecule has 2 rings (SSSR count). The molecule has 0 saturated heterocycles. The van der Waals surface area contributed by atoms with Crippen LogP contribution in [-0.4, -0.2) is 44.9 Å². The number of nitrogens with zero attached hydrogens (tertiary/aromatic N) is 2. The molecule has 0 heterocycles. The quantitative estimate of drug-likeness (QED) is 0.720. The van der Waals surface area contributed by atoms with Gasteiger partial charge in [0.25, 0.3) is 15.9 Å². The Morgan fingerprint density at radius 1 is 1.12 bits per heavy atom. The van der Waals surface area contributed by atoms with Gasteiger partial charge >= 0.3 is 0 Å². The molecule has 2 aromatic rings. The second-order valence-corrected chi connectivity index (χ2v) is 7.79. The fourth-order valence-corrected chi connectivity index (χ4v) is 3.34. The molecule has 25 heavy (non-hydrogen) atoms. The highest BCUT2D eigenvalue weighted by molar-refractivity contribution is 7.89. The Hall–Kier alpha value is -1.93. The Bertz CT molecular complexity index is 853. The third-order valence-electron chi connectivity index (χ3n) is 3.65. The molecule has 0 saturated carbocycles. The maximum absolute atomic E-state index is 12.6. The van der Waals surface area contributed by atoms with E-state index in [1.165, 1.54) is 37.3 Å². The van der Waals surface area contributed by atoms with E-state index in [1.54, 1.807) is 25.2 Å². The molecule has 0 spiro atoms. The van der Waals surface area contributed by atoms with Gasteiger partial charge in [0.05, 0.1) is 12.0 Å². The molecule has 1 amide bonds. The van der Waals surface area contributed by atoms with E-state index in [1.807, 2.05) is 12.1 Å². The maximum Gasteiger partial charge on any atom is 0.264 e. The number of hydroxylamine groups is 1. The summed E-state index contributed by atoms with van der Waals surface area (Å²) in [6.45, 7) is 0.380.